The molecule has 0 atom stereocenters. The zero-order valence-corrected chi connectivity index (χ0v) is 11.6. The molecule has 0 aliphatic carbocycles. The number of nitrogens with one attached hydrogen (secondary N) is 1. The molecule has 0 fully saturated rings. The van der Waals surface area contributed by atoms with Gasteiger partial charge in [-0.1, -0.05) is 5.16 Å². The van der Waals surface area contributed by atoms with Crippen molar-refractivity contribution in [3.05, 3.63) is 46.9 Å². The van der Waals surface area contributed by atoms with Gasteiger partial charge in [0, 0.05) is 12.6 Å². The summed E-state index contributed by atoms with van der Waals surface area (Å²) >= 11 is 0. The third-order valence-corrected chi connectivity index (χ3v) is 2.80. The lowest BCUT2D eigenvalue weighted by molar-refractivity contribution is 0.0944. The van der Waals surface area contributed by atoms with Crippen LogP contribution in [-0.2, 0) is 6.61 Å². The van der Waals surface area contributed by atoms with Crippen LogP contribution in [0.3, 0.4) is 0 Å². The van der Waals surface area contributed by atoms with Gasteiger partial charge in [-0.25, -0.2) is 8.78 Å². The maximum atomic E-state index is 13.5. The van der Waals surface area contributed by atoms with Crippen LogP contribution in [0, 0.1) is 18.6 Å². The molecule has 0 radical (unpaired) electrons. The maximum absolute atomic E-state index is 13.5. The second-order valence-electron chi connectivity index (χ2n) is 4.29. The Hall–Kier alpha value is -2.44. The number of halogens is 2. The van der Waals surface area contributed by atoms with Gasteiger partial charge in [0.1, 0.15) is 18.2 Å². The van der Waals surface area contributed by atoms with Gasteiger partial charge >= 0.3 is 0 Å². The Bertz CT molecular complexity index is 656. The third-order valence-electron chi connectivity index (χ3n) is 2.80. The largest absolute Gasteiger partial charge is 0.486 e. The summed E-state index contributed by atoms with van der Waals surface area (Å²) in [6.45, 7) is 3.73. The van der Waals surface area contributed by atoms with Crippen LogP contribution in [0.1, 0.15) is 28.7 Å². The van der Waals surface area contributed by atoms with E-state index >= 15 is 0 Å². The number of hydrogen-bond acceptors (Lipinski definition) is 4. The Kier molecular flexibility index (Phi) is 4.52. The average molecular weight is 296 g/mol. The number of hydrogen-bond donors (Lipinski definition) is 1. The van der Waals surface area contributed by atoms with Crippen molar-refractivity contribution in [2.45, 2.75) is 20.5 Å². The summed E-state index contributed by atoms with van der Waals surface area (Å²) < 4.78 is 36.5. The van der Waals surface area contributed by atoms with Crippen molar-refractivity contribution in [2.75, 3.05) is 6.54 Å². The quantitative estimate of drug-likeness (QED) is 0.921. The molecule has 0 unspecified atom stereocenters. The number of carbonyl (C=O) groups is 1. The van der Waals surface area contributed by atoms with Crippen molar-refractivity contribution < 1.29 is 22.8 Å². The van der Waals surface area contributed by atoms with Gasteiger partial charge in [0.25, 0.3) is 5.91 Å². The lowest BCUT2D eigenvalue weighted by atomic mass is 10.2. The zero-order valence-electron chi connectivity index (χ0n) is 11.6. The molecule has 0 saturated carbocycles. The van der Waals surface area contributed by atoms with Gasteiger partial charge in [-0.3, -0.25) is 4.79 Å². The average Bonchev–Trinajstić information content (AvgIpc) is 2.79. The van der Waals surface area contributed by atoms with E-state index in [0.29, 0.717) is 17.9 Å². The molecule has 0 saturated heterocycles. The van der Waals surface area contributed by atoms with E-state index in [1.807, 2.05) is 0 Å². The van der Waals surface area contributed by atoms with E-state index in [1.165, 1.54) is 6.07 Å². The van der Waals surface area contributed by atoms with Crippen LogP contribution in [0.5, 0.6) is 5.75 Å². The van der Waals surface area contributed by atoms with Crippen molar-refractivity contribution >= 4 is 5.91 Å². The maximum Gasteiger partial charge on any atom is 0.273 e. The van der Waals surface area contributed by atoms with Gasteiger partial charge in [0.05, 0.1) is 5.56 Å². The van der Waals surface area contributed by atoms with Gasteiger partial charge in [0.2, 0.25) is 0 Å². The van der Waals surface area contributed by atoms with Crippen molar-refractivity contribution in [1.82, 2.24) is 10.5 Å². The first kappa shape index (κ1) is 15.0. The van der Waals surface area contributed by atoms with E-state index < -0.39 is 17.5 Å². The van der Waals surface area contributed by atoms with E-state index in [-0.39, 0.29) is 18.1 Å². The summed E-state index contributed by atoms with van der Waals surface area (Å²) in [6.07, 6.45) is 0. The molecule has 1 aromatic heterocycles. The summed E-state index contributed by atoms with van der Waals surface area (Å²) in [5, 5.41) is 6.25. The third kappa shape index (κ3) is 3.36. The number of nitrogens with zero attached hydrogens (tertiary/aromatic N) is 1. The molecule has 112 valence electrons. The highest BCUT2D eigenvalue weighted by molar-refractivity contribution is 5.93. The molecule has 1 amide bonds. The van der Waals surface area contributed by atoms with Crippen molar-refractivity contribution in [3.63, 3.8) is 0 Å². The number of aromatic nitrogens is 1. The number of benzene rings is 1. The van der Waals surface area contributed by atoms with Crippen LogP contribution in [-0.4, -0.2) is 17.6 Å². The first-order valence-corrected chi connectivity index (χ1v) is 6.34. The van der Waals surface area contributed by atoms with Crippen molar-refractivity contribution in [3.8, 4) is 5.75 Å². The van der Waals surface area contributed by atoms with Gasteiger partial charge in [-0.05, 0) is 26.0 Å². The van der Waals surface area contributed by atoms with Crippen LogP contribution in [0.25, 0.3) is 0 Å². The first-order chi connectivity index (χ1) is 10.0. The predicted molar refractivity (Wildman–Crippen MR) is 69.9 cm³/mol. The Morgan fingerprint density at radius 3 is 2.86 bits per heavy atom. The second kappa shape index (κ2) is 6.34. The fourth-order valence-corrected chi connectivity index (χ4v) is 1.73. The highest BCUT2D eigenvalue weighted by Gasteiger charge is 2.20. The minimum Gasteiger partial charge on any atom is -0.486 e. The van der Waals surface area contributed by atoms with E-state index in [1.54, 1.807) is 13.8 Å². The Balaban J connectivity index is 2.16. The van der Waals surface area contributed by atoms with Gasteiger partial charge in [0.15, 0.2) is 17.3 Å². The molecular formula is C14H14F2N2O3. The fraction of sp³-hybridized carbons (Fsp3) is 0.286. The predicted octanol–water partition coefficient (Wildman–Crippen LogP) is 2.59. The summed E-state index contributed by atoms with van der Waals surface area (Å²) in [5.41, 5.74) is 0.515. The SMILES string of the molecule is CCNC(=O)c1noc(C)c1COc1ccc(F)cc1F. The normalized spacial score (nSPS) is 10.5. The zero-order chi connectivity index (χ0) is 15.4. The van der Waals surface area contributed by atoms with E-state index in [0.717, 1.165) is 12.1 Å². The number of amides is 1. The number of rotatable bonds is 5. The van der Waals surface area contributed by atoms with Crippen LogP contribution < -0.4 is 10.1 Å². The number of ether oxygens (including phenoxy) is 1. The lowest BCUT2D eigenvalue weighted by Crippen LogP contribution is -2.24. The molecule has 2 aromatic rings. The monoisotopic (exact) mass is 296 g/mol. The van der Waals surface area contributed by atoms with E-state index in [2.05, 4.69) is 10.5 Å². The van der Waals surface area contributed by atoms with Crippen LogP contribution >= 0.6 is 0 Å². The van der Waals surface area contributed by atoms with Gasteiger partial charge in [-0.15, -0.1) is 0 Å². The van der Waals surface area contributed by atoms with Crippen LogP contribution in [0.15, 0.2) is 22.7 Å². The minimum atomic E-state index is -0.816. The highest BCUT2D eigenvalue weighted by Crippen LogP contribution is 2.21. The summed E-state index contributed by atoms with van der Waals surface area (Å²) in [5.74, 6) is -1.61. The Labute approximate surface area is 119 Å². The van der Waals surface area contributed by atoms with Gasteiger partial charge in [-0.2, -0.15) is 0 Å². The summed E-state index contributed by atoms with van der Waals surface area (Å²) in [4.78, 5) is 11.8. The Morgan fingerprint density at radius 1 is 1.43 bits per heavy atom. The van der Waals surface area contributed by atoms with Gasteiger partial charge < -0.3 is 14.6 Å². The molecule has 0 aliphatic rings. The molecule has 7 heteroatoms. The molecular weight excluding hydrogens is 282 g/mol. The second-order valence-corrected chi connectivity index (χ2v) is 4.29. The standard InChI is InChI=1S/C14H14F2N2O3/c1-3-17-14(19)13-10(8(2)21-18-13)7-20-12-5-4-9(15)6-11(12)16/h4-6H,3,7H2,1-2H3,(H,17,19). The molecule has 1 heterocycles. The Morgan fingerprint density at radius 2 is 2.19 bits per heavy atom. The number of carbonyl (C=O) groups excluding carboxylic acids is 1. The molecule has 0 aliphatic heterocycles. The highest BCUT2D eigenvalue weighted by atomic mass is 19.1. The molecule has 1 aromatic carbocycles. The molecule has 5 nitrogen and oxygen atoms in total. The lowest BCUT2D eigenvalue weighted by Gasteiger charge is -2.07. The van der Waals surface area contributed by atoms with E-state index in [4.69, 9.17) is 9.26 Å². The molecule has 0 bridgehead atoms. The van der Waals surface area contributed by atoms with E-state index in [9.17, 15) is 13.6 Å². The van der Waals surface area contributed by atoms with Crippen LogP contribution in [0.4, 0.5) is 8.78 Å². The summed E-state index contributed by atoms with van der Waals surface area (Å²) in [6, 6.07) is 2.99. The summed E-state index contributed by atoms with van der Waals surface area (Å²) in [7, 11) is 0. The molecule has 2 rings (SSSR count). The number of aryl methyl sites for hydroxylation is 1. The fourth-order valence-electron chi connectivity index (χ4n) is 1.73. The topological polar surface area (TPSA) is 64.4 Å². The first-order valence-electron chi connectivity index (χ1n) is 6.34. The molecule has 21 heavy (non-hydrogen) atoms. The van der Waals surface area contributed by atoms with Crippen molar-refractivity contribution in [1.29, 1.82) is 0 Å². The van der Waals surface area contributed by atoms with Crippen molar-refractivity contribution in [2.24, 2.45) is 0 Å². The molecule has 0 spiro atoms. The molecule has 1 N–H and O–H groups in total. The smallest absolute Gasteiger partial charge is 0.273 e. The van der Waals surface area contributed by atoms with Crippen LogP contribution in [0.2, 0.25) is 0 Å². The minimum absolute atomic E-state index is 0.0943.